The summed E-state index contributed by atoms with van der Waals surface area (Å²) in [4.78, 5) is 0. The molecule has 0 aromatic rings. The van der Waals surface area contributed by atoms with E-state index in [1.165, 1.54) is 116 Å². The van der Waals surface area contributed by atoms with Gasteiger partial charge >= 0.3 is 0 Å². The lowest BCUT2D eigenvalue weighted by atomic mass is 10.0. The summed E-state index contributed by atoms with van der Waals surface area (Å²) in [6, 6.07) is 0. The zero-order chi connectivity index (χ0) is 20.6. The van der Waals surface area contributed by atoms with Crippen LogP contribution in [0.5, 0.6) is 0 Å². The SMILES string of the molecule is CCCC(CCCCCCCC1CO1)OC(CCC)CCCCCCCC1CO1. The van der Waals surface area contributed by atoms with Crippen LogP contribution in [0.4, 0.5) is 0 Å². The molecule has 4 atom stereocenters. The molecule has 29 heavy (non-hydrogen) atoms. The maximum Gasteiger partial charge on any atom is 0.0810 e. The molecule has 0 aliphatic carbocycles. The summed E-state index contributed by atoms with van der Waals surface area (Å²) in [5, 5.41) is 0. The number of epoxide rings is 2. The molecule has 0 amide bonds. The van der Waals surface area contributed by atoms with Crippen molar-refractivity contribution in [3.8, 4) is 0 Å². The van der Waals surface area contributed by atoms with Gasteiger partial charge in [0.2, 0.25) is 0 Å². The number of hydrogen-bond donors (Lipinski definition) is 0. The summed E-state index contributed by atoms with van der Waals surface area (Å²) in [5.74, 6) is 0. The second-order valence-electron chi connectivity index (χ2n) is 9.56. The maximum atomic E-state index is 6.63. The Morgan fingerprint density at radius 1 is 0.586 bits per heavy atom. The first-order valence-corrected chi connectivity index (χ1v) is 13.2. The van der Waals surface area contributed by atoms with Crippen molar-refractivity contribution in [2.24, 2.45) is 0 Å². The fourth-order valence-corrected chi connectivity index (χ4v) is 4.50. The van der Waals surface area contributed by atoms with Crippen LogP contribution in [0.1, 0.15) is 129 Å². The van der Waals surface area contributed by atoms with Gasteiger partial charge in [-0.15, -0.1) is 0 Å². The predicted molar refractivity (Wildman–Crippen MR) is 123 cm³/mol. The summed E-state index contributed by atoms with van der Waals surface area (Å²) in [6.07, 6.45) is 26.0. The molecule has 2 saturated heterocycles. The molecule has 0 radical (unpaired) electrons. The Kier molecular flexibility index (Phi) is 14.4. The van der Waals surface area contributed by atoms with E-state index in [4.69, 9.17) is 14.2 Å². The summed E-state index contributed by atoms with van der Waals surface area (Å²) >= 11 is 0. The molecule has 2 heterocycles. The number of hydrogen-bond acceptors (Lipinski definition) is 3. The fourth-order valence-electron chi connectivity index (χ4n) is 4.50. The van der Waals surface area contributed by atoms with Crippen molar-refractivity contribution >= 4 is 0 Å². The lowest BCUT2D eigenvalue weighted by Gasteiger charge is -2.25. The van der Waals surface area contributed by atoms with Crippen molar-refractivity contribution in [2.45, 2.75) is 154 Å². The zero-order valence-electron chi connectivity index (χ0n) is 19.7. The predicted octanol–water partition coefficient (Wildman–Crippen LogP) is 7.60. The van der Waals surface area contributed by atoms with E-state index in [0.29, 0.717) is 24.4 Å². The van der Waals surface area contributed by atoms with Crippen molar-refractivity contribution in [1.29, 1.82) is 0 Å². The van der Waals surface area contributed by atoms with Crippen molar-refractivity contribution < 1.29 is 14.2 Å². The molecule has 0 N–H and O–H groups in total. The second kappa shape index (κ2) is 16.6. The van der Waals surface area contributed by atoms with Gasteiger partial charge < -0.3 is 14.2 Å². The van der Waals surface area contributed by atoms with E-state index >= 15 is 0 Å². The van der Waals surface area contributed by atoms with Crippen LogP contribution in [0.3, 0.4) is 0 Å². The number of unbranched alkanes of at least 4 members (excludes halogenated alkanes) is 8. The topological polar surface area (TPSA) is 34.3 Å². The molecule has 172 valence electrons. The van der Waals surface area contributed by atoms with Gasteiger partial charge in [-0.1, -0.05) is 90.9 Å². The molecule has 3 nitrogen and oxygen atoms in total. The highest BCUT2D eigenvalue weighted by atomic mass is 16.6. The standard InChI is InChI=1S/C26H50O3/c1-3-15-23(17-11-7-5-9-13-19-25-21-27-25)29-24(16-4-2)18-12-8-6-10-14-20-26-22-28-26/h23-26H,3-22H2,1-2H3. The van der Waals surface area contributed by atoms with Crippen LogP contribution in [0.25, 0.3) is 0 Å². The molecule has 0 saturated carbocycles. The van der Waals surface area contributed by atoms with E-state index in [0.717, 1.165) is 13.2 Å². The van der Waals surface area contributed by atoms with Gasteiger partial charge in [-0.2, -0.15) is 0 Å². The molecule has 2 rings (SSSR count). The Bertz CT molecular complexity index is 331. The molecule has 2 fully saturated rings. The molecule has 4 unspecified atom stereocenters. The highest BCUT2D eigenvalue weighted by Gasteiger charge is 2.21. The minimum atomic E-state index is 0.495. The van der Waals surface area contributed by atoms with Gasteiger partial charge in [0.25, 0.3) is 0 Å². The smallest absolute Gasteiger partial charge is 0.0810 e. The molecule has 0 spiro atoms. The van der Waals surface area contributed by atoms with E-state index in [1.54, 1.807) is 0 Å². The van der Waals surface area contributed by atoms with Crippen LogP contribution in [-0.4, -0.2) is 37.6 Å². The molecular weight excluding hydrogens is 360 g/mol. The fraction of sp³-hybridized carbons (Fsp3) is 1.00. The highest BCUT2D eigenvalue weighted by Crippen LogP contribution is 2.22. The van der Waals surface area contributed by atoms with E-state index in [-0.39, 0.29) is 0 Å². The van der Waals surface area contributed by atoms with Crippen LogP contribution in [-0.2, 0) is 14.2 Å². The third-order valence-corrected chi connectivity index (χ3v) is 6.52. The van der Waals surface area contributed by atoms with Crippen molar-refractivity contribution in [2.75, 3.05) is 13.2 Å². The summed E-state index contributed by atoms with van der Waals surface area (Å²) < 4.78 is 17.2. The Balaban J connectivity index is 1.48. The molecule has 3 heteroatoms. The lowest BCUT2D eigenvalue weighted by Crippen LogP contribution is -2.22. The van der Waals surface area contributed by atoms with Crippen LogP contribution >= 0.6 is 0 Å². The van der Waals surface area contributed by atoms with E-state index in [9.17, 15) is 0 Å². The number of ether oxygens (including phenoxy) is 3. The number of rotatable bonds is 22. The van der Waals surface area contributed by atoms with Crippen molar-refractivity contribution in [3.05, 3.63) is 0 Å². The molecule has 0 aromatic heterocycles. The molecular formula is C26H50O3. The minimum absolute atomic E-state index is 0.495. The highest BCUT2D eigenvalue weighted by molar-refractivity contribution is 4.69. The average molecular weight is 411 g/mol. The van der Waals surface area contributed by atoms with Gasteiger partial charge in [-0.05, 0) is 38.5 Å². The summed E-state index contributed by atoms with van der Waals surface area (Å²) in [7, 11) is 0. The van der Waals surface area contributed by atoms with Gasteiger partial charge in [-0.3, -0.25) is 0 Å². The quantitative estimate of drug-likeness (QED) is 0.136. The Morgan fingerprint density at radius 3 is 1.34 bits per heavy atom. The second-order valence-corrected chi connectivity index (χ2v) is 9.56. The summed E-state index contributed by atoms with van der Waals surface area (Å²) in [6.45, 7) is 6.64. The van der Waals surface area contributed by atoms with Crippen LogP contribution < -0.4 is 0 Å². The Labute approximate surface area is 181 Å². The first-order valence-electron chi connectivity index (χ1n) is 13.2. The molecule has 0 bridgehead atoms. The van der Waals surface area contributed by atoms with Crippen LogP contribution in [0.15, 0.2) is 0 Å². The normalized spacial score (nSPS) is 22.6. The van der Waals surface area contributed by atoms with Gasteiger partial charge in [0.05, 0.1) is 37.6 Å². The van der Waals surface area contributed by atoms with E-state index in [2.05, 4.69) is 13.8 Å². The summed E-state index contributed by atoms with van der Waals surface area (Å²) in [5.41, 5.74) is 0. The van der Waals surface area contributed by atoms with Crippen molar-refractivity contribution in [1.82, 2.24) is 0 Å². The minimum Gasteiger partial charge on any atom is -0.375 e. The first-order chi connectivity index (χ1) is 14.3. The van der Waals surface area contributed by atoms with Gasteiger partial charge in [0.15, 0.2) is 0 Å². The van der Waals surface area contributed by atoms with Crippen LogP contribution in [0, 0.1) is 0 Å². The van der Waals surface area contributed by atoms with Crippen LogP contribution in [0.2, 0.25) is 0 Å². The Morgan fingerprint density at radius 2 is 0.966 bits per heavy atom. The lowest BCUT2D eigenvalue weighted by molar-refractivity contribution is -0.0308. The average Bonchev–Trinajstić information content (AvgIpc) is 3.61. The largest absolute Gasteiger partial charge is 0.375 e. The first kappa shape index (κ1) is 25.1. The molecule has 2 aliphatic heterocycles. The van der Waals surface area contributed by atoms with E-state index in [1.807, 2.05) is 0 Å². The third-order valence-electron chi connectivity index (χ3n) is 6.52. The van der Waals surface area contributed by atoms with Gasteiger partial charge in [-0.25, -0.2) is 0 Å². The Hall–Kier alpha value is -0.120. The van der Waals surface area contributed by atoms with Crippen molar-refractivity contribution in [3.63, 3.8) is 0 Å². The van der Waals surface area contributed by atoms with Gasteiger partial charge in [0, 0.05) is 0 Å². The molecule has 0 aromatic carbocycles. The molecule has 2 aliphatic rings. The zero-order valence-corrected chi connectivity index (χ0v) is 19.7. The monoisotopic (exact) mass is 410 g/mol. The maximum absolute atomic E-state index is 6.63. The third kappa shape index (κ3) is 14.5. The van der Waals surface area contributed by atoms with Gasteiger partial charge in [0.1, 0.15) is 0 Å². The van der Waals surface area contributed by atoms with E-state index < -0.39 is 0 Å².